The minimum absolute atomic E-state index is 0.763. The zero-order chi connectivity index (χ0) is 7.40. The van der Waals surface area contributed by atoms with Crippen LogP contribution in [0.25, 0.3) is 0 Å². The third-order valence-electron chi connectivity index (χ3n) is 2.14. The van der Waals surface area contributed by atoms with E-state index in [4.69, 9.17) is 12.2 Å². The van der Waals surface area contributed by atoms with Crippen LogP contribution in [-0.4, -0.2) is 10.5 Å². The van der Waals surface area contributed by atoms with Crippen molar-refractivity contribution in [3.05, 3.63) is 0 Å². The summed E-state index contributed by atoms with van der Waals surface area (Å²) in [6.07, 6.45) is 9.00. The highest BCUT2D eigenvalue weighted by Gasteiger charge is 2.16. The van der Waals surface area contributed by atoms with Crippen LogP contribution < -0.4 is 0 Å². The molecule has 0 aromatic carbocycles. The van der Waals surface area contributed by atoms with Crippen LogP contribution in [0.5, 0.6) is 0 Å². The minimum atomic E-state index is 0.763. The van der Waals surface area contributed by atoms with Crippen LogP contribution in [0, 0.1) is 5.92 Å². The molecule has 0 heterocycles. The quantitative estimate of drug-likeness (QED) is 0.560. The molecule has 0 saturated heterocycles. The molecule has 1 rings (SSSR count). The van der Waals surface area contributed by atoms with Crippen LogP contribution in [0.15, 0.2) is 0 Å². The van der Waals surface area contributed by atoms with Gasteiger partial charge in [0, 0.05) is 5.92 Å². The van der Waals surface area contributed by atoms with Crippen LogP contribution >= 0.6 is 24.0 Å². The molecule has 1 aliphatic rings. The zero-order valence-electron chi connectivity index (χ0n) is 6.43. The van der Waals surface area contributed by atoms with Crippen molar-refractivity contribution in [2.24, 2.45) is 5.92 Å². The third kappa shape index (κ3) is 2.24. The van der Waals surface area contributed by atoms with Gasteiger partial charge < -0.3 is 0 Å². The first kappa shape index (κ1) is 8.54. The summed E-state index contributed by atoms with van der Waals surface area (Å²) < 4.78 is 1.24. The van der Waals surface area contributed by atoms with Gasteiger partial charge in [0.15, 0.2) is 0 Å². The Morgan fingerprint density at radius 1 is 1.30 bits per heavy atom. The highest BCUT2D eigenvalue weighted by molar-refractivity contribution is 8.22. The molecule has 2 heteroatoms. The fourth-order valence-corrected chi connectivity index (χ4v) is 2.31. The number of hydrogen-bond acceptors (Lipinski definition) is 2. The van der Waals surface area contributed by atoms with Crippen molar-refractivity contribution in [3.63, 3.8) is 0 Å². The van der Waals surface area contributed by atoms with Crippen molar-refractivity contribution in [1.82, 2.24) is 0 Å². The molecule has 1 saturated carbocycles. The van der Waals surface area contributed by atoms with E-state index in [9.17, 15) is 0 Å². The fourth-order valence-electron chi connectivity index (χ4n) is 1.50. The second-order valence-electron chi connectivity index (χ2n) is 2.86. The third-order valence-corrected chi connectivity index (χ3v) is 3.71. The second kappa shape index (κ2) is 4.35. The number of rotatable bonds is 1. The molecule has 0 aliphatic heterocycles. The summed E-state index contributed by atoms with van der Waals surface area (Å²) in [6, 6.07) is 0. The van der Waals surface area contributed by atoms with Crippen LogP contribution in [0.2, 0.25) is 0 Å². The van der Waals surface area contributed by atoms with E-state index in [1.165, 1.54) is 36.3 Å². The van der Waals surface area contributed by atoms with Gasteiger partial charge in [0.1, 0.15) is 0 Å². The van der Waals surface area contributed by atoms with Gasteiger partial charge in [-0.1, -0.05) is 31.5 Å². The average Bonchev–Trinajstić information content (AvgIpc) is 2.05. The van der Waals surface area contributed by atoms with E-state index in [1.807, 2.05) is 0 Å². The minimum Gasteiger partial charge on any atom is -0.122 e. The first-order valence-corrected chi connectivity index (χ1v) is 5.55. The summed E-state index contributed by atoms with van der Waals surface area (Å²) in [6.45, 7) is 0. The Kier molecular flexibility index (Phi) is 3.71. The Labute approximate surface area is 72.8 Å². The molecule has 0 bridgehead atoms. The van der Waals surface area contributed by atoms with Gasteiger partial charge in [0.05, 0.1) is 4.20 Å². The normalized spacial score (nSPS) is 20.9. The maximum atomic E-state index is 5.24. The molecule has 0 aromatic heterocycles. The van der Waals surface area contributed by atoms with Crippen molar-refractivity contribution in [3.8, 4) is 0 Å². The Bertz CT molecular complexity index is 114. The lowest BCUT2D eigenvalue weighted by molar-refractivity contribution is 0.446. The fraction of sp³-hybridized carbons (Fsp3) is 0.875. The molecular formula is C8H14S2. The van der Waals surface area contributed by atoms with Gasteiger partial charge >= 0.3 is 0 Å². The lowest BCUT2D eigenvalue weighted by atomic mass is 9.91. The first-order chi connectivity index (χ1) is 4.84. The first-order valence-electron chi connectivity index (χ1n) is 3.92. The number of hydrogen-bond donors (Lipinski definition) is 0. The van der Waals surface area contributed by atoms with Gasteiger partial charge in [0.25, 0.3) is 0 Å². The molecule has 58 valence electrons. The topological polar surface area (TPSA) is 0 Å². The van der Waals surface area contributed by atoms with E-state index in [0.717, 1.165) is 5.92 Å². The summed E-state index contributed by atoms with van der Waals surface area (Å²) in [5.74, 6) is 0.763. The van der Waals surface area contributed by atoms with Crippen LogP contribution in [0.4, 0.5) is 0 Å². The predicted molar refractivity (Wildman–Crippen MR) is 52.7 cm³/mol. The van der Waals surface area contributed by atoms with E-state index < -0.39 is 0 Å². The van der Waals surface area contributed by atoms with E-state index in [-0.39, 0.29) is 0 Å². The summed E-state index contributed by atoms with van der Waals surface area (Å²) in [5, 5.41) is 0. The Morgan fingerprint density at radius 2 is 1.90 bits per heavy atom. The maximum absolute atomic E-state index is 5.24. The Balaban J connectivity index is 2.31. The monoisotopic (exact) mass is 174 g/mol. The van der Waals surface area contributed by atoms with Crippen molar-refractivity contribution in [1.29, 1.82) is 0 Å². The molecule has 10 heavy (non-hydrogen) atoms. The molecule has 1 aliphatic carbocycles. The van der Waals surface area contributed by atoms with Gasteiger partial charge in [0.2, 0.25) is 0 Å². The molecule has 0 spiro atoms. The molecule has 0 nitrogen and oxygen atoms in total. The van der Waals surface area contributed by atoms with E-state index in [2.05, 4.69) is 6.26 Å². The second-order valence-corrected chi connectivity index (χ2v) is 4.40. The van der Waals surface area contributed by atoms with Gasteiger partial charge in [-0.3, -0.25) is 0 Å². The predicted octanol–water partition coefficient (Wildman–Crippen LogP) is 3.26. The lowest BCUT2D eigenvalue weighted by Crippen LogP contribution is -2.12. The molecule has 0 unspecified atom stereocenters. The lowest BCUT2D eigenvalue weighted by Gasteiger charge is -2.20. The smallest absolute Gasteiger partial charge is 0.0506 e. The van der Waals surface area contributed by atoms with Crippen LogP contribution in [-0.2, 0) is 0 Å². The molecule has 0 radical (unpaired) electrons. The highest BCUT2D eigenvalue weighted by atomic mass is 32.2. The standard InChI is InChI=1S/C8H14S2/c1-10-8(9)7-5-3-2-4-6-7/h7H,2-6H2,1H3. The number of thioether (sulfide) groups is 1. The van der Waals surface area contributed by atoms with Gasteiger partial charge in [-0.2, -0.15) is 0 Å². The maximum Gasteiger partial charge on any atom is 0.0506 e. The van der Waals surface area contributed by atoms with E-state index in [1.54, 1.807) is 11.8 Å². The van der Waals surface area contributed by atoms with Crippen LogP contribution in [0.1, 0.15) is 32.1 Å². The Morgan fingerprint density at radius 3 is 2.40 bits per heavy atom. The Hall–Kier alpha value is 0.440. The van der Waals surface area contributed by atoms with Crippen molar-refractivity contribution in [2.75, 3.05) is 6.26 Å². The largest absolute Gasteiger partial charge is 0.122 e. The van der Waals surface area contributed by atoms with Gasteiger partial charge in [-0.25, -0.2) is 0 Å². The average molecular weight is 174 g/mol. The van der Waals surface area contributed by atoms with Gasteiger partial charge in [-0.05, 0) is 19.1 Å². The molecule has 0 amide bonds. The van der Waals surface area contributed by atoms with Crippen LogP contribution in [0.3, 0.4) is 0 Å². The summed E-state index contributed by atoms with van der Waals surface area (Å²) >= 11 is 7.00. The molecule has 0 atom stereocenters. The summed E-state index contributed by atoms with van der Waals surface area (Å²) in [4.78, 5) is 0. The highest BCUT2D eigenvalue weighted by Crippen LogP contribution is 2.27. The van der Waals surface area contributed by atoms with E-state index in [0.29, 0.717) is 0 Å². The summed E-state index contributed by atoms with van der Waals surface area (Å²) in [7, 11) is 0. The van der Waals surface area contributed by atoms with Crippen molar-refractivity contribution < 1.29 is 0 Å². The zero-order valence-corrected chi connectivity index (χ0v) is 8.06. The number of thiocarbonyl (C=S) groups is 1. The SMILES string of the molecule is CSC(=S)C1CCCCC1. The molecule has 0 aromatic rings. The molecule has 1 fully saturated rings. The molecule has 0 N–H and O–H groups in total. The van der Waals surface area contributed by atoms with Gasteiger partial charge in [-0.15, -0.1) is 11.8 Å². The van der Waals surface area contributed by atoms with Crippen molar-refractivity contribution in [2.45, 2.75) is 32.1 Å². The summed E-state index contributed by atoms with van der Waals surface area (Å²) in [5.41, 5.74) is 0. The van der Waals surface area contributed by atoms with Crippen molar-refractivity contribution >= 4 is 28.2 Å². The van der Waals surface area contributed by atoms with E-state index >= 15 is 0 Å². The molecular weight excluding hydrogens is 160 g/mol.